The minimum absolute atomic E-state index is 0.0126. The van der Waals surface area contributed by atoms with Crippen molar-refractivity contribution in [2.75, 3.05) is 18.9 Å². The number of hydrogen-bond donors (Lipinski definition) is 9. The van der Waals surface area contributed by atoms with Crippen molar-refractivity contribution in [3.63, 3.8) is 0 Å². The van der Waals surface area contributed by atoms with Crippen molar-refractivity contribution in [1.29, 1.82) is 0 Å². The predicted molar refractivity (Wildman–Crippen MR) is 160 cm³/mol. The summed E-state index contributed by atoms with van der Waals surface area (Å²) in [5.74, 6) is -0.0498. The molecule has 27 heteroatoms. The first-order valence-corrected chi connectivity index (χ1v) is 18.4. The summed E-state index contributed by atoms with van der Waals surface area (Å²) in [5.41, 5.74) is 12.0. The van der Waals surface area contributed by atoms with E-state index in [1.165, 1.54) is 17.3 Å². The van der Waals surface area contributed by atoms with E-state index in [2.05, 4.69) is 19.3 Å². The number of rotatable bonds is 13. The lowest BCUT2D eigenvalue weighted by atomic mass is 10.1. The molecule has 5 heterocycles. The molecule has 11 N–H and O–H groups in total. The number of aromatic nitrogens is 4. The lowest BCUT2D eigenvalue weighted by Crippen LogP contribution is -2.40. The second kappa shape index (κ2) is 14.1. The topological polar surface area (TPSA) is 347 Å². The van der Waals surface area contributed by atoms with Crippen molar-refractivity contribution >= 4 is 57.7 Å². The fourth-order valence-corrected chi connectivity index (χ4v) is 7.71. The fraction of sp³-hybridized carbons (Fsp3) is 0.524. The normalized spacial score (nSPS) is 31.9. The Labute approximate surface area is 274 Å². The van der Waals surface area contributed by atoms with Gasteiger partial charge in [0.15, 0.2) is 23.9 Å². The van der Waals surface area contributed by atoms with Gasteiger partial charge in [-0.05, 0) is 6.42 Å². The Kier molecular flexibility index (Phi) is 10.9. The first kappa shape index (κ1) is 37.0. The summed E-state index contributed by atoms with van der Waals surface area (Å²) in [6.45, 7) is -1.97. The maximum atomic E-state index is 12.6. The zero-order valence-corrected chi connectivity index (χ0v) is 27.6. The van der Waals surface area contributed by atoms with Gasteiger partial charge in [0.2, 0.25) is 0 Å². The number of phosphoric ester groups is 3. The van der Waals surface area contributed by atoms with Crippen LogP contribution in [0.25, 0.3) is 11.2 Å². The molecular formula is C21H30N7O16P3S. The fourth-order valence-electron chi connectivity index (χ4n) is 4.93. The minimum atomic E-state index is -5.50. The highest BCUT2D eigenvalue weighted by Gasteiger charge is 2.51. The van der Waals surface area contributed by atoms with Gasteiger partial charge in [-0.1, -0.05) is 18.3 Å². The van der Waals surface area contributed by atoms with Gasteiger partial charge in [-0.25, -0.2) is 28.6 Å². The van der Waals surface area contributed by atoms with Crippen LogP contribution in [0.3, 0.4) is 0 Å². The highest BCUT2D eigenvalue weighted by molar-refractivity contribution is 7.80. The van der Waals surface area contributed by atoms with Gasteiger partial charge in [0.05, 0.1) is 19.5 Å². The average Bonchev–Trinajstić information content (AvgIpc) is 3.64. The van der Waals surface area contributed by atoms with Gasteiger partial charge in [-0.15, -0.1) is 0 Å². The number of fused-ring (bicyclic) bond motifs is 1. The third-order valence-electron chi connectivity index (χ3n) is 7.11. The zero-order chi connectivity index (χ0) is 35.2. The number of aliphatic hydroxyl groups excluding tert-OH is 3. The number of nitrogens with two attached hydrogens (primary N) is 2. The Morgan fingerprint density at radius 3 is 2.21 bits per heavy atom. The quantitative estimate of drug-likeness (QED) is 0.0805. The van der Waals surface area contributed by atoms with E-state index in [0.717, 1.165) is 17.2 Å². The lowest BCUT2D eigenvalue weighted by molar-refractivity contribution is -0.0651. The van der Waals surface area contributed by atoms with Crippen LogP contribution >= 0.6 is 35.7 Å². The molecule has 0 amide bonds. The van der Waals surface area contributed by atoms with E-state index in [0.29, 0.717) is 12.0 Å². The maximum absolute atomic E-state index is 12.6. The third kappa shape index (κ3) is 8.34. The van der Waals surface area contributed by atoms with Gasteiger partial charge >= 0.3 is 23.5 Å². The Morgan fingerprint density at radius 1 is 0.958 bits per heavy atom. The molecule has 2 fully saturated rings. The Morgan fingerprint density at radius 2 is 1.58 bits per heavy atom. The number of nitrogens with zero attached hydrogens (tertiary/aromatic N) is 5. The van der Waals surface area contributed by atoms with Crippen molar-refractivity contribution in [3.8, 4) is 0 Å². The van der Waals surface area contributed by atoms with Crippen LogP contribution in [-0.2, 0) is 41.1 Å². The third-order valence-corrected chi connectivity index (χ3v) is 10.5. The van der Waals surface area contributed by atoms with E-state index in [-0.39, 0.29) is 22.0 Å². The number of aliphatic hydroxyl groups is 3. The minimum Gasteiger partial charge on any atom is -0.390 e. The second-order valence-electron chi connectivity index (χ2n) is 10.4. The van der Waals surface area contributed by atoms with Crippen LogP contribution in [0, 0.1) is 0 Å². The summed E-state index contributed by atoms with van der Waals surface area (Å²) in [4.78, 5) is 52.2. The highest BCUT2D eigenvalue weighted by atomic mass is 32.1. The largest absolute Gasteiger partial charge is 0.481 e. The number of imidazole rings is 1. The van der Waals surface area contributed by atoms with Crippen molar-refractivity contribution in [1.82, 2.24) is 24.4 Å². The molecule has 2 aromatic rings. The summed E-state index contributed by atoms with van der Waals surface area (Å²) < 4.78 is 67.4. The molecule has 10 atom stereocenters. The first-order valence-electron chi connectivity index (χ1n) is 13.5. The van der Waals surface area contributed by atoms with Crippen LogP contribution in [0.15, 0.2) is 36.7 Å². The number of hydrogen-bond acceptors (Lipinski definition) is 18. The van der Waals surface area contributed by atoms with E-state index in [4.69, 9.17) is 46.7 Å². The highest BCUT2D eigenvalue weighted by Crippen LogP contribution is 2.61. The Hall–Kier alpha value is -2.31. The summed E-state index contributed by atoms with van der Waals surface area (Å²) in [7, 11) is -16.2. The number of phosphoric acid groups is 3. The van der Waals surface area contributed by atoms with Crippen molar-refractivity contribution < 1.29 is 75.9 Å². The molecule has 2 saturated heterocycles. The van der Waals surface area contributed by atoms with Gasteiger partial charge in [0.1, 0.15) is 53.5 Å². The standard InChI is InChI=1S/C21H30N7O16P3S/c22-17-12-19(25-7-24-17)28(8-26-12)21-16(43-45(32,33)34)14(30)11(42-21)6-40-47(37,38)44-46(35,36)39-5-10-13(29)15(31)20(41-10)27-3-1-2-9(4-27)18(23)48/h1,3-4,7-8,10-11,13-16,20-21,29-31H,2,5-6H2,(H2,23,48)(H,35,36)(H,37,38)(H2,22,24,25)(H2,32,33,34)/t10-,11-,13-,14-,15-,16-,20?,21-/m1/s1. The number of nitrogen functional groups attached to an aromatic ring is 1. The molecule has 3 aliphatic heterocycles. The molecule has 23 nitrogen and oxygen atoms in total. The Bertz CT molecular complexity index is 1740. The molecule has 266 valence electrons. The van der Waals surface area contributed by atoms with Crippen molar-refractivity contribution in [2.45, 2.75) is 55.5 Å². The maximum Gasteiger partial charge on any atom is 0.481 e. The van der Waals surface area contributed by atoms with Gasteiger partial charge in [-0.3, -0.25) is 18.1 Å². The van der Waals surface area contributed by atoms with Crippen LogP contribution in [0.5, 0.6) is 0 Å². The zero-order valence-electron chi connectivity index (χ0n) is 24.1. The van der Waals surface area contributed by atoms with E-state index in [9.17, 15) is 48.6 Å². The van der Waals surface area contributed by atoms with Gasteiger partial charge in [0, 0.05) is 18.0 Å². The summed E-state index contributed by atoms with van der Waals surface area (Å²) >= 11 is 4.95. The molecule has 0 aromatic carbocycles. The van der Waals surface area contributed by atoms with Crippen LogP contribution in [0.2, 0.25) is 0 Å². The predicted octanol–water partition coefficient (Wildman–Crippen LogP) is -1.77. The molecule has 48 heavy (non-hydrogen) atoms. The van der Waals surface area contributed by atoms with Crippen LogP contribution in [0.1, 0.15) is 12.6 Å². The molecular weight excluding hydrogens is 731 g/mol. The van der Waals surface area contributed by atoms with E-state index in [1.54, 1.807) is 6.08 Å². The molecule has 0 saturated carbocycles. The monoisotopic (exact) mass is 761 g/mol. The lowest BCUT2D eigenvalue weighted by Gasteiger charge is -2.29. The molecule has 2 aromatic heterocycles. The van der Waals surface area contributed by atoms with Crippen LogP contribution < -0.4 is 11.5 Å². The molecule has 0 aliphatic carbocycles. The van der Waals surface area contributed by atoms with Crippen molar-refractivity contribution in [2.24, 2.45) is 5.73 Å². The molecule has 5 rings (SSSR count). The average molecular weight is 761 g/mol. The van der Waals surface area contributed by atoms with Gasteiger partial charge in [0.25, 0.3) is 0 Å². The number of thiocarbonyl (C=S) groups is 1. The summed E-state index contributed by atoms with van der Waals surface area (Å²) in [6.07, 6.45) is -5.50. The number of ether oxygens (including phenoxy) is 2. The van der Waals surface area contributed by atoms with Gasteiger partial charge in [-0.2, -0.15) is 4.31 Å². The Balaban J connectivity index is 1.20. The summed E-state index contributed by atoms with van der Waals surface area (Å²) in [6, 6.07) is 0. The molecule has 3 aliphatic rings. The number of anilines is 1. The van der Waals surface area contributed by atoms with Gasteiger partial charge < -0.3 is 60.7 Å². The molecule has 0 bridgehead atoms. The SMILES string of the molecule is NC(=S)C1=CN(C2O[C@H](COP(=O)(O)OP(=O)(O)OC[C@H]3O[C@@H](n4cnc5c(N)ncnc54)[C@H](OP(=O)(O)O)[C@@H]3O)[C@@H](O)[C@H]2O)C=CC1. The van der Waals surface area contributed by atoms with E-state index in [1.807, 2.05) is 0 Å². The summed E-state index contributed by atoms with van der Waals surface area (Å²) in [5, 5.41) is 31.6. The molecule has 3 unspecified atom stereocenters. The van der Waals surface area contributed by atoms with Crippen LogP contribution in [-0.4, -0.2) is 120 Å². The number of allylic oxidation sites excluding steroid dienone is 1. The first-order chi connectivity index (χ1) is 22.4. The van der Waals surface area contributed by atoms with E-state index >= 15 is 0 Å². The molecule has 0 spiro atoms. The molecule has 0 radical (unpaired) electrons. The second-order valence-corrected chi connectivity index (χ2v) is 15.1. The van der Waals surface area contributed by atoms with Crippen molar-refractivity contribution in [3.05, 3.63) is 36.7 Å². The van der Waals surface area contributed by atoms with E-state index < -0.39 is 85.8 Å². The smallest absolute Gasteiger partial charge is 0.390 e. The van der Waals surface area contributed by atoms with Crippen LogP contribution in [0.4, 0.5) is 5.82 Å².